The van der Waals surface area contributed by atoms with E-state index in [0.717, 1.165) is 16.7 Å². The number of rotatable bonds is 5. The molecule has 1 amide bonds. The standard InChI is InChI=1S/C15H22N2OS/c16-10-15(18)17-13-6-4-5-12(9-13)11-19-14-7-2-1-3-8-14/h4-6,9,14H,1-3,7-8,10-11,16H2,(H,17,18). The van der Waals surface area contributed by atoms with Crippen molar-refractivity contribution >= 4 is 23.4 Å². The summed E-state index contributed by atoms with van der Waals surface area (Å²) in [5.41, 5.74) is 7.41. The van der Waals surface area contributed by atoms with Crippen molar-refractivity contribution in [3.05, 3.63) is 29.8 Å². The molecule has 4 heteroatoms. The summed E-state index contributed by atoms with van der Waals surface area (Å²) >= 11 is 2.05. The Kier molecular flexibility index (Phi) is 5.73. The number of nitrogens with one attached hydrogen (secondary N) is 1. The molecule has 3 nitrogen and oxygen atoms in total. The van der Waals surface area contributed by atoms with Crippen molar-refractivity contribution in [2.24, 2.45) is 5.73 Å². The van der Waals surface area contributed by atoms with E-state index in [1.807, 2.05) is 30.0 Å². The summed E-state index contributed by atoms with van der Waals surface area (Å²) in [5, 5.41) is 3.61. The molecule has 1 aliphatic carbocycles. The number of amides is 1. The first-order valence-corrected chi connectivity index (χ1v) is 8.03. The summed E-state index contributed by atoms with van der Waals surface area (Å²) in [6.07, 6.45) is 6.87. The minimum atomic E-state index is -0.142. The van der Waals surface area contributed by atoms with E-state index in [2.05, 4.69) is 11.4 Å². The molecule has 1 fully saturated rings. The average molecular weight is 278 g/mol. The predicted molar refractivity (Wildman–Crippen MR) is 82.3 cm³/mol. The van der Waals surface area contributed by atoms with E-state index in [4.69, 9.17) is 5.73 Å². The van der Waals surface area contributed by atoms with Gasteiger partial charge in [-0.15, -0.1) is 0 Å². The maximum atomic E-state index is 11.3. The van der Waals surface area contributed by atoms with Crippen molar-refractivity contribution in [2.45, 2.75) is 43.1 Å². The van der Waals surface area contributed by atoms with E-state index in [0.29, 0.717) is 0 Å². The third-order valence-corrected chi connectivity index (χ3v) is 4.88. The van der Waals surface area contributed by atoms with E-state index in [1.165, 1.54) is 37.7 Å². The van der Waals surface area contributed by atoms with Gasteiger partial charge in [0.15, 0.2) is 0 Å². The molecule has 0 atom stereocenters. The van der Waals surface area contributed by atoms with Crippen LogP contribution in [0.5, 0.6) is 0 Å². The van der Waals surface area contributed by atoms with Crippen molar-refractivity contribution in [1.82, 2.24) is 0 Å². The second-order valence-corrected chi connectivity index (χ2v) is 6.31. The van der Waals surface area contributed by atoms with Crippen molar-refractivity contribution in [1.29, 1.82) is 0 Å². The van der Waals surface area contributed by atoms with Gasteiger partial charge in [-0.25, -0.2) is 0 Å². The minimum absolute atomic E-state index is 0.0288. The predicted octanol–water partition coefficient (Wildman–Crippen LogP) is 3.15. The molecule has 1 saturated carbocycles. The quantitative estimate of drug-likeness (QED) is 0.870. The van der Waals surface area contributed by atoms with Gasteiger partial charge in [0.05, 0.1) is 6.54 Å². The van der Waals surface area contributed by atoms with Crippen molar-refractivity contribution in [3.8, 4) is 0 Å². The highest BCUT2D eigenvalue weighted by atomic mass is 32.2. The molecule has 0 bridgehead atoms. The molecule has 0 radical (unpaired) electrons. The lowest BCUT2D eigenvalue weighted by Crippen LogP contribution is -2.21. The first kappa shape index (κ1) is 14.4. The van der Waals surface area contributed by atoms with E-state index in [9.17, 15) is 4.79 Å². The van der Waals surface area contributed by atoms with Crippen LogP contribution in [0.1, 0.15) is 37.7 Å². The minimum Gasteiger partial charge on any atom is -0.325 e. The topological polar surface area (TPSA) is 55.1 Å². The Morgan fingerprint density at radius 1 is 1.32 bits per heavy atom. The molecule has 104 valence electrons. The summed E-state index contributed by atoms with van der Waals surface area (Å²) in [6, 6.07) is 8.06. The van der Waals surface area contributed by atoms with E-state index >= 15 is 0 Å². The maximum Gasteiger partial charge on any atom is 0.238 e. The average Bonchev–Trinajstić information content (AvgIpc) is 2.46. The third kappa shape index (κ3) is 4.88. The van der Waals surface area contributed by atoms with Gasteiger partial charge in [0.2, 0.25) is 5.91 Å². The highest BCUT2D eigenvalue weighted by molar-refractivity contribution is 7.99. The zero-order chi connectivity index (χ0) is 13.5. The first-order chi connectivity index (χ1) is 9.28. The molecule has 19 heavy (non-hydrogen) atoms. The Bertz CT molecular complexity index is 416. The molecule has 1 aliphatic rings. The zero-order valence-electron chi connectivity index (χ0n) is 11.2. The van der Waals surface area contributed by atoms with Gasteiger partial charge in [-0.3, -0.25) is 4.79 Å². The molecule has 3 N–H and O–H groups in total. The smallest absolute Gasteiger partial charge is 0.238 e. The van der Waals surface area contributed by atoms with Crippen LogP contribution in [0, 0.1) is 0 Å². The molecule has 0 saturated heterocycles. The molecule has 1 aromatic rings. The van der Waals surface area contributed by atoms with Crippen molar-refractivity contribution < 1.29 is 4.79 Å². The van der Waals surface area contributed by atoms with Gasteiger partial charge in [0, 0.05) is 16.7 Å². The highest BCUT2D eigenvalue weighted by Gasteiger charge is 2.13. The van der Waals surface area contributed by atoms with E-state index in [1.54, 1.807) is 0 Å². The second kappa shape index (κ2) is 7.56. The lowest BCUT2D eigenvalue weighted by atomic mass is 10.0. The molecule has 0 spiro atoms. The summed E-state index contributed by atoms with van der Waals surface area (Å²) in [4.78, 5) is 11.3. The summed E-state index contributed by atoms with van der Waals surface area (Å²) in [7, 11) is 0. The van der Waals surface area contributed by atoms with Crippen LogP contribution >= 0.6 is 11.8 Å². The number of anilines is 1. The van der Waals surface area contributed by atoms with Gasteiger partial charge in [-0.2, -0.15) is 11.8 Å². The summed E-state index contributed by atoms with van der Waals surface area (Å²) < 4.78 is 0. The van der Waals surface area contributed by atoms with E-state index in [-0.39, 0.29) is 12.5 Å². The van der Waals surface area contributed by atoms with Crippen LogP contribution in [0.4, 0.5) is 5.69 Å². The number of carbonyl (C=O) groups excluding carboxylic acids is 1. The van der Waals surface area contributed by atoms with Crippen LogP contribution in [-0.4, -0.2) is 17.7 Å². The van der Waals surface area contributed by atoms with Crippen LogP contribution in [0.3, 0.4) is 0 Å². The molecule has 0 aromatic heterocycles. The fourth-order valence-electron chi connectivity index (χ4n) is 2.40. The van der Waals surface area contributed by atoms with Gasteiger partial charge in [-0.05, 0) is 30.5 Å². The Morgan fingerprint density at radius 3 is 2.84 bits per heavy atom. The number of benzene rings is 1. The Labute approximate surface area is 119 Å². The van der Waals surface area contributed by atoms with Gasteiger partial charge in [-0.1, -0.05) is 31.4 Å². The number of carbonyl (C=O) groups is 1. The van der Waals surface area contributed by atoms with Crippen LogP contribution in [0.2, 0.25) is 0 Å². The van der Waals surface area contributed by atoms with E-state index < -0.39 is 0 Å². The number of hydrogen-bond donors (Lipinski definition) is 2. The first-order valence-electron chi connectivity index (χ1n) is 6.98. The Balaban J connectivity index is 1.85. The van der Waals surface area contributed by atoms with Crippen molar-refractivity contribution in [3.63, 3.8) is 0 Å². The fourth-order valence-corrected chi connectivity index (χ4v) is 3.67. The van der Waals surface area contributed by atoms with Crippen LogP contribution < -0.4 is 11.1 Å². The summed E-state index contributed by atoms with van der Waals surface area (Å²) in [5.74, 6) is 0.883. The van der Waals surface area contributed by atoms with Gasteiger partial charge in [0.25, 0.3) is 0 Å². The fraction of sp³-hybridized carbons (Fsp3) is 0.533. The Hall–Kier alpha value is -1.00. The molecular weight excluding hydrogens is 256 g/mol. The normalized spacial score (nSPS) is 16.3. The third-order valence-electron chi connectivity index (χ3n) is 3.43. The number of thioether (sulfide) groups is 1. The van der Waals surface area contributed by atoms with Crippen LogP contribution in [-0.2, 0) is 10.5 Å². The molecule has 1 aromatic carbocycles. The molecule has 0 heterocycles. The molecule has 0 unspecified atom stereocenters. The van der Waals surface area contributed by atoms with Crippen LogP contribution in [0.15, 0.2) is 24.3 Å². The zero-order valence-corrected chi connectivity index (χ0v) is 12.0. The number of nitrogens with two attached hydrogens (primary N) is 1. The molecular formula is C15H22N2OS. The lowest BCUT2D eigenvalue weighted by molar-refractivity contribution is -0.114. The lowest BCUT2D eigenvalue weighted by Gasteiger charge is -2.21. The highest BCUT2D eigenvalue weighted by Crippen LogP contribution is 2.30. The van der Waals surface area contributed by atoms with Crippen LogP contribution in [0.25, 0.3) is 0 Å². The van der Waals surface area contributed by atoms with Gasteiger partial charge in [0.1, 0.15) is 0 Å². The second-order valence-electron chi connectivity index (χ2n) is 5.02. The Morgan fingerprint density at radius 2 is 2.11 bits per heavy atom. The van der Waals surface area contributed by atoms with Crippen molar-refractivity contribution in [2.75, 3.05) is 11.9 Å². The summed E-state index contributed by atoms with van der Waals surface area (Å²) in [6.45, 7) is 0.0288. The molecule has 2 rings (SSSR count). The SMILES string of the molecule is NCC(=O)Nc1cccc(CSC2CCCCC2)c1. The number of hydrogen-bond acceptors (Lipinski definition) is 3. The monoisotopic (exact) mass is 278 g/mol. The maximum absolute atomic E-state index is 11.3. The van der Waals surface area contributed by atoms with Gasteiger partial charge >= 0.3 is 0 Å². The van der Waals surface area contributed by atoms with Gasteiger partial charge < -0.3 is 11.1 Å². The largest absolute Gasteiger partial charge is 0.325 e. The molecule has 0 aliphatic heterocycles.